The molecule has 0 amide bonds. The highest BCUT2D eigenvalue weighted by atomic mass is 35.5. The van der Waals surface area contributed by atoms with Gasteiger partial charge in [-0.05, 0) is 40.8 Å². The molecule has 96 valence electrons. The van der Waals surface area contributed by atoms with E-state index >= 15 is 0 Å². The van der Waals surface area contributed by atoms with Gasteiger partial charge in [-0.3, -0.25) is 0 Å². The maximum atomic E-state index is 5.96. The molecule has 0 atom stereocenters. The number of halogens is 1. The van der Waals surface area contributed by atoms with E-state index in [2.05, 4.69) is 40.6 Å². The summed E-state index contributed by atoms with van der Waals surface area (Å²) in [6, 6.07) is 16.5. The van der Waals surface area contributed by atoms with Crippen molar-refractivity contribution >= 4 is 22.5 Å². The van der Waals surface area contributed by atoms with Gasteiger partial charge in [-0.2, -0.15) is 0 Å². The van der Waals surface area contributed by atoms with Crippen molar-refractivity contribution in [2.75, 3.05) is 0 Å². The van der Waals surface area contributed by atoms with Gasteiger partial charge in [0.25, 0.3) is 0 Å². The summed E-state index contributed by atoms with van der Waals surface area (Å²) in [5.41, 5.74) is 3.66. The van der Waals surface area contributed by atoms with Crippen molar-refractivity contribution in [1.82, 2.24) is 10.3 Å². The topological polar surface area (TPSA) is 27.8 Å². The van der Waals surface area contributed by atoms with Crippen LogP contribution in [0.1, 0.15) is 11.1 Å². The van der Waals surface area contributed by atoms with E-state index in [0.29, 0.717) is 0 Å². The number of aromatic nitrogens is 1. The van der Waals surface area contributed by atoms with E-state index in [4.69, 9.17) is 11.6 Å². The Labute approximate surface area is 117 Å². The molecule has 3 aromatic rings. The number of rotatable bonds is 4. The van der Waals surface area contributed by atoms with Gasteiger partial charge >= 0.3 is 0 Å². The zero-order valence-electron chi connectivity index (χ0n) is 10.5. The SMILES string of the molecule is Clc1cccc(CNCc2ccc3cc[nH]c3c2)c1. The molecule has 0 radical (unpaired) electrons. The molecule has 0 unspecified atom stereocenters. The zero-order valence-corrected chi connectivity index (χ0v) is 11.2. The number of benzene rings is 2. The summed E-state index contributed by atoms with van der Waals surface area (Å²) in [5.74, 6) is 0. The van der Waals surface area contributed by atoms with Gasteiger partial charge in [0.05, 0.1) is 0 Å². The molecule has 0 aliphatic rings. The van der Waals surface area contributed by atoms with E-state index in [9.17, 15) is 0 Å². The van der Waals surface area contributed by atoms with Crippen molar-refractivity contribution in [3.05, 3.63) is 70.9 Å². The Morgan fingerprint density at radius 3 is 2.63 bits per heavy atom. The molecular weight excluding hydrogens is 256 g/mol. The van der Waals surface area contributed by atoms with Crippen molar-refractivity contribution in [3.63, 3.8) is 0 Å². The van der Waals surface area contributed by atoms with Crippen molar-refractivity contribution in [3.8, 4) is 0 Å². The van der Waals surface area contributed by atoms with Crippen LogP contribution in [0.4, 0.5) is 0 Å². The van der Waals surface area contributed by atoms with Crippen LogP contribution in [-0.2, 0) is 13.1 Å². The molecule has 0 bridgehead atoms. The fourth-order valence-corrected chi connectivity index (χ4v) is 2.42. The van der Waals surface area contributed by atoms with Crippen LogP contribution in [0.3, 0.4) is 0 Å². The largest absolute Gasteiger partial charge is 0.361 e. The molecule has 19 heavy (non-hydrogen) atoms. The predicted molar refractivity (Wildman–Crippen MR) is 80.3 cm³/mol. The maximum Gasteiger partial charge on any atom is 0.0457 e. The molecular formula is C16H15ClN2. The summed E-state index contributed by atoms with van der Waals surface area (Å²) < 4.78 is 0. The molecule has 1 aromatic heterocycles. The summed E-state index contributed by atoms with van der Waals surface area (Å²) in [4.78, 5) is 3.23. The molecule has 0 spiro atoms. The van der Waals surface area contributed by atoms with Crippen LogP contribution in [0.5, 0.6) is 0 Å². The van der Waals surface area contributed by atoms with Crippen LogP contribution >= 0.6 is 11.6 Å². The van der Waals surface area contributed by atoms with Crippen molar-refractivity contribution in [1.29, 1.82) is 0 Å². The summed E-state index contributed by atoms with van der Waals surface area (Å²) >= 11 is 5.96. The summed E-state index contributed by atoms with van der Waals surface area (Å²) in [6.45, 7) is 1.67. The number of hydrogen-bond acceptors (Lipinski definition) is 1. The highest BCUT2D eigenvalue weighted by Gasteiger charge is 1.98. The standard InChI is InChI=1S/C16H15ClN2/c17-15-3-1-2-12(8-15)10-18-11-13-4-5-14-6-7-19-16(14)9-13/h1-9,18-19H,10-11H2. The minimum atomic E-state index is 0.784. The molecule has 2 N–H and O–H groups in total. The van der Waals surface area contributed by atoms with E-state index in [0.717, 1.165) is 18.1 Å². The van der Waals surface area contributed by atoms with Gasteiger partial charge in [0.1, 0.15) is 0 Å². The number of hydrogen-bond donors (Lipinski definition) is 2. The fourth-order valence-electron chi connectivity index (χ4n) is 2.20. The van der Waals surface area contributed by atoms with E-state index in [1.54, 1.807) is 0 Å². The van der Waals surface area contributed by atoms with Crippen LogP contribution in [-0.4, -0.2) is 4.98 Å². The van der Waals surface area contributed by atoms with Crippen LogP contribution < -0.4 is 5.32 Å². The summed E-state index contributed by atoms with van der Waals surface area (Å²) in [7, 11) is 0. The highest BCUT2D eigenvalue weighted by molar-refractivity contribution is 6.30. The first-order valence-electron chi connectivity index (χ1n) is 6.32. The molecule has 0 aliphatic heterocycles. The first-order chi connectivity index (χ1) is 9.31. The van der Waals surface area contributed by atoms with Gasteiger partial charge in [0.15, 0.2) is 0 Å². The molecule has 2 aromatic carbocycles. The summed E-state index contributed by atoms with van der Waals surface area (Å²) in [5, 5.41) is 5.46. The Morgan fingerprint density at radius 1 is 0.947 bits per heavy atom. The van der Waals surface area contributed by atoms with Gasteiger partial charge in [-0.25, -0.2) is 0 Å². The Morgan fingerprint density at radius 2 is 1.79 bits per heavy atom. The third kappa shape index (κ3) is 2.98. The minimum absolute atomic E-state index is 0.784. The number of fused-ring (bicyclic) bond motifs is 1. The second-order valence-electron chi connectivity index (χ2n) is 4.63. The minimum Gasteiger partial charge on any atom is -0.361 e. The Balaban J connectivity index is 1.62. The van der Waals surface area contributed by atoms with E-state index in [1.165, 1.54) is 22.0 Å². The lowest BCUT2D eigenvalue weighted by Gasteiger charge is -2.06. The van der Waals surface area contributed by atoms with Crippen LogP contribution in [0.2, 0.25) is 5.02 Å². The molecule has 0 saturated carbocycles. The highest BCUT2D eigenvalue weighted by Crippen LogP contribution is 2.14. The average molecular weight is 271 g/mol. The van der Waals surface area contributed by atoms with Crippen molar-refractivity contribution in [2.45, 2.75) is 13.1 Å². The Bertz CT molecular complexity index is 688. The first kappa shape index (κ1) is 12.3. The molecule has 3 heteroatoms. The second-order valence-corrected chi connectivity index (χ2v) is 5.07. The zero-order chi connectivity index (χ0) is 13.1. The summed E-state index contributed by atoms with van der Waals surface area (Å²) in [6.07, 6.45) is 1.97. The lowest BCUT2D eigenvalue weighted by molar-refractivity contribution is 0.694. The molecule has 0 saturated heterocycles. The molecule has 0 aliphatic carbocycles. The lowest BCUT2D eigenvalue weighted by Crippen LogP contribution is -2.12. The van der Waals surface area contributed by atoms with Crippen molar-refractivity contribution < 1.29 is 0 Å². The molecule has 2 nitrogen and oxygen atoms in total. The maximum absolute atomic E-state index is 5.96. The fraction of sp³-hybridized carbons (Fsp3) is 0.125. The predicted octanol–water partition coefficient (Wildman–Crippen LogP) is 4.11. The molecule has 1 heterocycles. The Hall–Kier alpha value is -1.77. The van der Waals surface area contributed by atoms with Gasteiger partial charge in [-0.1, -0.05) is 35.9 Å². The third-order valence-electron chi connectivity index (χ3n) is 3.17. The molecule has 3 rings (SSSR count). The number of aromatic amines is 1. The van der Waals surface area contributed by atoms with Gasteiger partial charge in [-0.15, -0.1) is 0 Å². The van der Waals surface area contributed by atoms with E-state index in [-0.39, 0.29) is 0 Å². The van der Waals surface area contributed by atoms with E-state index in [1.807, 2.05) is 24.4 Å². The van der Waals surface area contributed by atoms with Gasteiger partial charge in [0.2, 0.25) is 0 Å². The van der Waals surface area contributed by atoms with Crippen LogP contribution in [0, 0.1) is 0 Å². The third-order valence-corrected chi connectivity index (χ3v) is 3.40. The number of nitrogens with one attached hydrogen (secondary N) is 2. The second kappa shape index (κ2) is 5.47. The number of H-pyrrole nitrogens is 1. The smallest absolute Gasteiger partial charge is 0.0457 e. The van der Waals surface area contributed by atoms with Gasteiger partial charge in [0, 0.05) is 29.8 Å². The monoisotopic (exact) mass is 270 g/mol. The first-order valence-corrected chi connectivity index (χ1v) is 6.70. The van der Waals surface area contributed by atoms with Crippen LogP contribution in [0.15, 0.2) is 54.7 Å². The van der Waals surface area contributed by atoms with Crippen molar-refractivity contribution in [2.24, 2.45) is 0 Å². The van der Waals surface area contributed by atoms with Crippen LogP contribution in [0.25, 0.3) is 10.9 Å². The Kier molecular flexibility index (Phi) is 3.53. The normalized spacial score (nSPS) is 11.0. The van der Waals surface area contributed by atoms with E-state index < -0.39 is 0 Å². The average Bonchev–Trinajstić information content (AvgIpc) is 2.86. The van der Waals surface area contributed by atoms with Gasteiger partial charge < -0.3 is 10.3 Å². The quantitative estimate of drug-likeness (QED) is 0.734. The lowest BCUT2D eigenvalue weighted by atomic mass is 10.1. The molecule has 0 fully saturated rings.